The maximum Gasteiger partial charge on any atom is 0.264 e. The van der Waals surface area contributed by atoms with E-state index < -0.39 is 0 Å². The second-order valence-electron chi connectivity index (χ2n) is 7.83. The average molecular weight is 433 g/mol. The molecule has 1 aliphatic heterocycles. The lowest BCUT2D eigenvalue weighted by molar-refractivity contribution is 0.0751. The van der Waals surface area contributed by atoms with Crippen LogP contribution in [0.1, 0.15) is 26.8 Å². The summed E-state index contributed by atoms with van der Waals surface area (Å²) in [6.45, 7) is 8.82. The van der Waals surface area contributed by atoms with E-state index in [4.69, 9.17) is 15.1 Å². The molecule has 1 saturated heterocycles. The van der Waals surface area contributed by atoms with Crippen molar-refractivity contribution in [1.82, 2.24) is 24.6 Å². The van der Waals surface area contributed by atoms with Gasteiger partial charge in [-0.2, -0.15) is 5.10 Å². The molecule has 0 spiro atoms. The van der Waals surface area contributed by atoms with Gasteiger partial charge in [0.2, 0.25) is 0 Å². The standard InChI is InChI=1S/C23H24N6OS/c1-15-7-4-5-8-18(15)29-22-20(16(2)26-29)21(24-17(3)25-22)27-10-12-28(13-11-27)23(30)19-9-6-14-31-19/h4-9,14H,10-13H2,1-3H3. The summed E-state index contributed by atoms with van der Waals surface area (Å²) in [4.78, 5) is 27.2. The summed E-state index contributed by atoms with van der Waals surface area (Å²) < 4.78 is 1.93. The maximum absolute atomic E-state index is 12.7. The number of thiophene rings is 1. The van der Waals surface area contributed by atoms with Gasteiger partial charge in [0, 0.05) is 26.2 Å². The fourth-order valence-electron chi connectivity index (χ4n) is 4.14. The third kappa shape index (κ3) is 3.46. The van der Waals surface area contributed by atoms with Crippen molar-refractivity contribution >= 4 is 34.1 Å². The van der Waals surface area contributed by atoms with Crippen molar-refractivity contribution in [3.05, 3.63) is 63.7 Å². The predicted molar refractivity (Wildman–Crippen MR) is 123 cm³/mol. The maximum atomic E-state index is 12.7. The number of aromatic nitrogens is 4. The summed E-state index contributed by atoms with van der Waals surface area (Å²) in [5.74, 6) is 1.74. The van der Waals surface area contributed by atoms with Gasteiger partial charge >= 0.3 is 0 Å². The van der Waals surface area contributed by atoms with E-state index >= 15 is 0 Å². The largest absolute Gasteiger partial charge is 0.352 e. The van der Waals surface area contributed by atoms with Crippen molar-refractivity contribution in [2.75, 3.05) is 31.1 Å². The highest BCUT2D eigenvalue weighted by molar-refractivity contribution is 7.12. The molecule has 4 aromatic rings. The van der Waals surface area contributed by atoms with E-state index in [0.717, 1.165) is 51.8 Å². The van der Waals surface area contributed by atoms with Crippen LogP contribution in [0.5, 0.6) is 0 Å². The number of carbonyl (C=O) groups is 1. The number of hydrogen-bond donors (Lipinski definition) is 0. The van der Waals surface area contributed by atoms with Crippen LogP contribution >= 0.6 is 11.3 Å². The molecule has 3 aromatic heterocycles. The molecule has 4 heterocycles. The highest BCUT2D eigenvalue weighted by atomic mass is 32.1. The van der Waals surface area contributed by atoms with Gasteiger partial charge in [-0.1, -0.05) is 24.3 Å². The Balaban J connectivity index is 1.49. The van der Waals surface area contributed by atoms with Crippen molar-refractivity contribution in [1.29, 1.82) is 0 Å². The Morgan fingerprint density at radius 3 is 2.45 bits per heavy atom. The SMILES string of the molecule is Cc1nc(N2CCN(C(=O)c3cccs3)CC2)c2c(C)nn(-c3ccccc3C)c2n1. The molecular formula is C23H24N6OS. The third-order valence-corrected chi connectivity index (χ3v) is 6.59. The fourth-order valence-corrected chi connectivity index (χ4v) is 4.83. The molecule has 0 unspecified atom stereocenters. The van der Waals surface area contributed by atoms with Crippen LogP contribution in [0.25, 0.3) is 16.7 Å². The van der Waals surface area contributed by atoms with E-state index in [9.17, 15) is 4.79 Å². The molecule has 8 heteroatoms. The minimum absolute atomic E-state index is 0.113. The minimum Gasteiger partial charge on any atom is -0.352 e. The number of aryl methyl sites for hydroxylation is 3. The molecule has 1 fully saturated rings. The van der Waals surface area contributed by atoms with E-state index in [1.807, 2.05) is 53.1 Å². The Hall–Kier alpha value is -3.26. The molecule has 1 aromatic carbocycles. The van der Waals surface area contributed by atoms with Crippen molar-refractivity contribution in [3.8, 4) is 5.69 Å². The van der Waals surface area contributed by atoms with Crippen LogP contribution in [0, 0.1) is 20.8 Å². The highest BCUT2D eigenvalue weighted by Crippen LogP contribution is 2.30. The quantitative estimate of drug-likeness (QED) is 0.493. The molecule has 31 heavy (non-hydrogen) atoms. The first-order valence-electron chi connectivity index (χ1n) is 10.4. The smallest absolute Gasteiger partial charge is 0.264 e. The van der Waals surface area contributed by atoms with Crippen LogP contribution < -0.4 is 4.90 Å². The summed E-state index contributed by atoms with van der Waals surface area (Å²) in [5, 5.41) is 7.74. The highest BCUT2D eigenvalue weighted by Gasteiger charge is 2.26. The van der Waals surface area contributed by atoms with Crippen molar-refractivity contribution < 1.29 is 4.79 Å². The number of amides is 1. The number of benzene rings is 1. The number of rotatable bonds is 3. The number of fused-ring (bicyclic) bond motifs is 1. The van der Waals surface area contributed by atoms with Crippen molar-refractivity contribution in [3.63, 3.8) is 0 Å². The normalized spacial score (nSPS) is 14.4. The van der Waals surface area contributed by atoms with Crippen LogP contribution in [0.4, 0.5) is 5.82 Å². The van der Waals surface area contributed by atoms with Crippen LogP contribution in [0.3, 0.4) is 0 Å². The van der Waals surface area contributed by atoms with Gasteiger partial charge in [0.15, 0.2) is 5.65 Å². The van der Waals surface area contributed by atoms with Gasteiger partial charge < -0.3 is 9.80 Å². The Morgan fingerprint density at radius 2 is 1.74 bits per heavy atom. The van der Waals surface area contributed by atoms with E-state index in [0.29, 0.717) is 18.9 Å². The molecule has 0 bridgehead atoms. The zero-order valence-electron chi connectivity index (χ0n) is 17.9. The summed E-state index contributed by atoms with van der Waals surface area (Å²) in [6.07, 6.45) is 0. The topological polar surface area (TPSA) is 67.2 Å². The van der Waals surface area contributed by atoms with Gasteiger partial charge in [-0.25, -0.2) is 14.6 Å². The Kier molecular flexibility index (Phi) is 4.94. The van der Waals surface area contributed by atoms with Gasteiger partial charge in [0.05, 0.1) is 21.6 Å². The van der Waals surface area contributed by atoms with Crippen LogP contribution in [0.2, 0.25) is 0 Å². The number of para-hydroxylation sites is 1. The molecule has 0 atom stereocenters. The average Bonchev–Trinajstić information content (AvgIpc) is 3.42. The molecule has 0 N–H and O–H groups in total. The zero-order valence-corrected chi connectivity index (χ0v) is 18.7. The van der Waals surface area contributed by atoms with Crippen molar-refractivity contribution in [2.45, 2.75) is 20.8 Å². The van der Waals surface area contributed by atoms with Crippen LogP contribution in [-0.2, 0) is 0 Å². The summed E-state index contributed by atoms with van der Waals surface area (Å²) in [7, 11) is 0. The zero-order chi connectivity index (χ0) is 21.5. The molecule has 0 saturated carbocycles. The van der Waals surface area contributed by atoms with Crippen LogP contribution in [-0.4, -0.2) is 56.7 Å². The predicted octanol–water partition coefficient (Wildman–Crippen LogP) is 3.76. The number of hydrogen-bond acceptors (Lipinski definition) is 6. The molecular weight excluding hydrogens is 408 g/mol. The molecule has 0 radical (unpaired) electrons. The summed E-state index contributed by atoms with van der Waals surface area (Å²) in [5.41, 5.74) is 3.90. The lowest BCUT2D eigenvalue weighted by Gasteiger charge is -2.35. The second kappa shape index (κ2) is 7.77. The monoisotopic (exact) mass is 432 g/mol. The fraction of sp³-hybridized carbons (Fsp3) is 0.304. The first kappa shape index (κ1) is 19.7. The molecule has 1 amide bonds. The third-order valence-electron chi connectivity index (χ3n) is 5.74. The minimum atomic E-state index is 0.113. The Morgan fingerprint density at radius 1 is 0.968 bits per heavy atom. The van der Waals surface area contributed by atoms with Crippen LogP contribution in [0.15, 0.2) is 41.8 Å². The van der Waals surface area contributed by atoms with E-state index in [2.05, 4.69) is 24.0 Å². The van der Waals surface area contributed by atoms with E-state index in [1.165, 1.54) is 11.3 Å². The van der Waals surface area contributed by atoms with Gasteiger partial charge in [-0.3, -0.25) is 4.79 Å². The van der Waals surface area contributed by atoms with Gasteiger partial charge in [-0.15, -0.1) is 11.3 Å². The number of carbonyl (C=O) groups excluding carboxylic acids is 1. The Labute approximate surface area is 185 Å². The molecule has 1 aliphatic rings. The van der Waals surface area contributed by atoms with Crippen molar-refractivity contribution in [2.24, 2.45) is 0 Å². The van der Waals surface area contributed by atoms with E-state index in [-0.39, 0.29) is 5.91 Å². The molecule has 0 aliphatic carbocycles. The molecule has 5 rings (SSSR count). The van der Waals surface area contributed by atoms with E-state index in [1.54, 1.807) is 0 Å². The van der Waals surface area contributed by atoms with Gasteiger partial charge in [0.25, 0.3) is 5.91 Å². The first-order chi connectivity index (χ1) is 15.0. The number of nitrogens with zero attached hydrogens (tertiary/aromatic N) is 6. The molecule has 7 nitrogen and oxygen atoms in total. The first-order valence-corrected chi connectivity index (χ1v) is 11.3. The lowest BCUT2D eigenvalue weighted by atomic mass is 10.2. The lowest BCUT2D eigenvalue weighted by Crippen LogP contribution is -2.49. The van der Waals surface area contributed by atoms with Gasteiger partial charge in [0.1, 0.15) is 11.6 Å². The number of anilines is 1. The number of piperazine rings is 1. The van der Waals surface area contributed by atoms with Gasteiger partial charge in [-0.05, 0) is 43.8 Å². The second-order valence-corrected chi connectivity index (χ2v) is 8.78. The summed E-state index contributed by atoms with van der Waals surface area (Å²) >= 11 is 1.49. The molecule has 158 valence electrons. The summed E-state index contributed by atoms with van der Waals surface area (Å²) in [6, 6.07) is 12.0. The Bertz CT molecular complexity index is 1250.